The van der Waals surface area contributed by atoms with E-state index in [1.165, 1.54) is 11.3 Å². The number of aryl methyl sites for hydroxylation is 1. The molecule has 0 unspecified atom stereocenters. The molecule has 0 bridgehead atoms. The summed E-state index contributed by atoms with van der Waals surface area (Å²) in [5, 5.41) is 7.85. The zero-order valence-corrected chi connectivity index (χ0v) is 13.1. The number of nitrogens with one attached hydrogen (secondary N) is 1. The molecule has 0 atom stereocenters. The van der Waals surface area contributed by atoms with E-state index in [1.807, 2.05) is 11.7 Å². The number of hydrogen-bond acceptors (Lipinski definition) is 2. The van der Waals surface area contributed by atoms with Crippen LogP contribution in [0.3, 0.4) is 0 Å². The monoisotopic (exact) mass is 265 g/mol. The average molecular weight is 265 g/mol. The van der Waals surface area contributed by atoms with Gasteiger partial charge in [0.1, 0.15) is 0 Å². The van der Waals surface area contributed by atoms with Gasteiger partial charge in [-0.3, -0.25) is 9.67 Å². The van der Waals surface area contributed by atoms with E-state index >= 15 is 0 Å². The van der Waals surface area contributed by atoms with Crippen LogP contribution in [0.15, 0.2) is 11.2 Å². The first-order valence-electron chi connectivity index (χ1n) is 7.01. The molecule has 0 saturated heterocycles. The van der Waals surface area contributed by atoms with E-state index in [0.717, 1.165) is 25.6 Å². The van der Waals surface area contributed by atoms with Gasteiger partial charge in [0.05, 0.1) is 5.69 Å². The lowest BCUT2D eigenvalue weighted by molar-refractivity contribution is 0.474. The molecule has 5 nitrogen and oxygen atoms in total. The second kappa shape index (κ2) is 7.16. The second-order valence-corrected chi connectivity index (χ2v) is 5.05. The predicted octanol–water partition coefficient (Wildman–Crippen LogP) is 1.96. The van der Waals surface area contributed by atoms with E-state index in [9.17, 15) is 0 Å². The molecule has 1 rings (SSSR count). The molecule has 0 aliphatic rings. The van der Waals surface area contributed by atoms with E-state index in [-0.39, 0.29) is 0 Å². The minimum absolute atomic E-state index is 0.440. The standard InChI is InChI=1S/C14H27N5/c1-7-15-14(16-8-2)18(5)9-12-10-19(6)17-13(12)11(3)4/h10-11H,7-9H2,1-6H3,(H,15,16). The molecular weight excluding hydrogens is 238 g/mol. The van der Waals surface area contributed by atoms with E-state index in [0.29, 0.717) is 5.92 Å². The molecule has 0 fully saturated rings. The average Bonchev–Trinajstić information content (AvgIpc) is 2.70. The van der Waals surface area contributed by atoms with Crippen molar-refractivity contribution in [1.82, 2.24) is 20.0 Å². The third kappa shape index (κ3) is 4.26. The summed E-state index contributed by atoms with van der Waals surface area (Å²) in [5.74, 6) is 1.39. The molecule has 1 aromatic heterocycles. The van der Waals surface area contributed by atoms with Crippen molar-refractivity contribution in [3.05, 3.63) is 17.5 Å². The number of rotatable bonds is 5. The summed E-state index contributed by atoms with van der Waals surface area (Å²) in [4.78, 5) is 6.64. The molecular formula is C14H27N5. The molecule has 5 heteroatoms. The van der Waals surface area contributed by atoms with E-state index in [2.05, 4.69) is 61.2 Å². The van der Waals surface area contributed by atoms with Gasteiger partial charge >= 0.3 is 0 Å². The Hall–Kier alpha value is -1.52. The van der Waals surface area contributed by atoms with Gasteiger partial charge in [0.25, 0.3) is 0 Å². The van der Waals surface area contributed by atoms with Crippen LogP contribution in [0.5, 0.6) is 0 Å². The van der Waals surface area contributed by atoms with Gasteiger partial charge in [-0.05, 0) is 19.8 Å². The molecule has 108 valence electrons. The fourth-order valence-electron chi connectivity index (χ4n) is 2.11. The van der Waals surface area contributed by atoms with Crippen molar-refractivity contribution in [1.29, 1.82) is 0 Å². The SMILES string of the molecule is CCN=C(NCC)N(C)Cc1cn(C)nc1C(C)C. The molecule has 1 aromatic rings. The van der Waals surface area contributed by atoms with Crippen LogP contribution in [0.4, 0.5) is 0 Å². The molecule has 1 heterocycles. The van der Waals surface area contributed by atoms with Crippen molar-refractivity contribution in [3.8, 4) is 0 Å². The Labute approximate surface area is 116 Å². The molecule has 0 saturated carbocycles. The molecule has 0 radical (unpaired) electrons. The fourth-order valence-corrected chi connectivity index (χ4v) is 2.11. The van der Waals surface area contributed by atoms with Gasteiger partial charge < -0.3 is 10.2 Å². The Morgan fingerprint density at radius 2 is 2.16 bits per heavy atom. The first-order chi connectivity index (χ1) is 8.99. The number of guanidine groups is 1. The van der Waals surface area contributed by atoms with Gasteiger partial charge in [-0.25, -0.2) is 0 Å². The van der Waals surface area contributed by atoms with Crippen LogP contribution in [0.2, 0.25) is 0 Å². The predicted molar refractivity (Wildman–Crippen MR) is 80.4 cm³/mol. The third-order valence-electron chi connectivity index (χ3n) is 2.90. The van der Waals surface area contributed by atoms with Crippen LogP contribution in [-0.4, -0.2) is 40.8 Å². The van der Waals surface area contributed by atoms with Gasteiger partial charge in [-0.15, -0.1) is 0 Å². The van der Waals surface area contributed by atoms with Crippen LogP contribution in [0.1, 0.15) is 44.9 Å². The first-order valence-corrected chi connectivity index (χ1v) is 7.01. The summed E-state index contributed by atoms with van der Waals surface area (Å²) in [5.41, 5.74) is 2.43. The number of nitrogens with zero attached hydrogens (tertiary/aromatic N) is 4. The number of hydrogen-bond donors (Lipinski definition) is 1. The highest BCUT2D eigenvalue weighted by Gasteiger charge is 2.14. The first kappa shape index (κ1) is 15.5. The van der Waals surface area contributed by atoms with Crippen molar-refractivity contribution in [2.24, 2.45) is 12.0 Å². The molecule has 0 aliphatic carbocycles. The van der Waals surface area contributed by atoms with Gasteiger partial charge in [0.2, 0.25) is 0 Å². The van der Waals surface area contributed by atoms with Gasteiger partial charge in [0, 0.05) is 45.5 Å². The molecule has 19 heavy (non-hydrogen) atoms. The van der Waals surface area contributed by atoms with Crippen LogP contribution >= 0.6 is 0 Å². The summed E-state index contributed by atoms with van der Waals surface area (Å²) in [6.07, 6.45) is 2.10. The highest BCUT2D eigenvalue weighted by molar-refractivity contribution is 5.79. The summed E-state index contributed by atoms with van der Waals surface area (Å²) in [7, 11) is 4.04. The maximum absolute atomic E-state index is 4.54. The summed E-state index contributed by atoms with van der Waals surface area (Å²) in [6, 6.07) is 0. The van der Waals surface area contributed by atoms with Gasteiger partial charge in [0.15, 0.2) is 5.96 Å². The lowest BCUT2D eigenvalue weighted by Gasteiger charge is -2.22. The Bertz CT molecular complexity index is 419. The van der Waals surface area contributed by atoms with Crippen molar-refractivity contribution in [2.45, 2.75) is 40.2 Å². The fraction of sp³-hybridized carbons (Fsp3) is 0.714. The normalized spacial score (nSPS) is 12.1. The Morgan fingerprint density at radius 3 is 2.68 bits per heavy atom. The third-order valence-corrected chi connectivity index (χ3v) is 2.90. The highest BCUT2D eigenvalue weighted by atomic mass is 15.3. The van der Waals surface area contributed by atoms with Crippen molar-refractivity contribution < 1.29 is 0 Å². The van der Waals surface area contributed by atoms with Crippen LogP contribution in [0, 0.1) is 0 Å². The quantitative estimate of drug-likeness (QED) is 0.654. The van der Waals surface area contributed by atoms with Gasteiger partial charge in [-0.1, -0.05) is 13.8 Å². The maximum atomic E-state index is 4.54. The van der Waals surface area contributed by atoms with Crippen molar-refractivity contribution >= 4 is 5.96 Å². The number of aliphatic imine (C=N–C) groups is 1. The Balaban J connectivity index is 2.86. The zero-order valence-electron chi connectivity index (χ0n) is 13.1. The maximum Gasteiger partial charge on any atom is 0.193 e. The molecule has 0 aromatic carbocycles. The van der Waals surface area contributed by atoms with E-state index < -0.39 is 0 Å². The van der Waals surface area contributed by atoms with Crippen LogP contribution in [0.25, 0.3) is 0 Å². The Kier molecular flexibility index (Phi) is 5.86. The van der Waals surface area contributed by atoms with Gasteiger partial charge in [-0.2, -0.15) is 5.10 Å². The second-order valence-electron chi connectivity index (χ2n) is 5.05. The zero-order chi connectivity index (χ0) is 14.4. The largest absolute Gasteiger partial charge is 0.357 e. The van der Waals surface area contributed by atoms with E-state index in [4.69, 9.17) is 0 Å². The summed E-state index contributed by atoms with van der Waals surface area (Å²) < 4.78 is 1.89. The lowest BCUT2D eigenvalue weighted by Crippen LogP contribution is -2.38. The molecule has 0 aliphatic heterocycles. The lowest BCUT2D eigenvalue weighted by atomic mass is 10.1. The van der Waals surface area contributed by atoms with Crippen molar-refractivity contribution in [2.75, 3.05) is 20.1 Å². The van der Waals surface area contributed by atoms with E-state index in [1.54, 1.807) is 0 Å². The number of aromatic nitrogens is 2. The molecule has 0 spiro atoms. The smallest absolute Gasteiger partial charge is 0.193 e. The highest BCUT2D eigenvalue weighted by Crippen LogP contribution is 2.18. The van der Waals surface area contributed by atoms with Crippen LogP contribution < -0.4 is 5.32 Å². The summed E-state index contributed by atoms with van der Waals surface area (Å²) >= 11 is 0. The minimum Gasteiger partial charge on any atom is -0.357 e. The summed E-state index contributed by atoms with van der Waals surface area (Å²) in [6.45, 7) is 11.0. The van der Waals surface area contributed by atoms with Crippen LogP contribution in [-0.2, 0) is 13.6 Å². The minimum atomic E-state index is 0.440. The Morgan fingerprint density at radius 1 is 1.47 bits per heavy atom. The molecule has 0 amide bonds. The molecule has 1 N–H and O–H groups in total. The van der Waals surface area contributed by atoms with Crippen molar-refractivity contribution in [3.63, 3.8) is 0 Å². The topological polar surface area (TPSA) is 45.5 Å².